The first-order valence-electron chi connectivity index (χ1n) is 8.97. The largest absolute Gasteiger partial charge is 0.325 e. The summed E-state index contributed by atoms with van der Waals surface area (Å²) >= 11 is 3.35. The molecule has 0 aliphatic rings. The fourth-order valence-corrected chi connectivity index (χ4v) is 4.41. The van der Waals surface area contributed by atoms with E-state index in [1.807, 2.05) is 26.0 Å². The highest BCUT2D eigenvalue weighted by molar-refractivity contribution is 9.10. The number of nitrogens with zero attached hydrogens (tertiary/aromatic N) is 1. The van der Waals surface area contributed by atoms with Crippen molar-refractivity contribution in [1.29, 1.82) is 0 Å². The lowest BCUT2D eigenvalue weighted by molar-refractivity contribution is -0.114. The van der Waals surface area contributed by atoms with Crippen molar-refractivity contribution < 1.29 is 13.2 Å². The predicted octanol–water partition coefficient (Wildman–Crippen LogP) is 4.90. The Morgan fingerprint density at radius 2 is 1.38 bits per heavy atom. The van der Waals surface area contributed by atoms with Crippen molar-refractivity contribution in [3.8, 4) is 0 Å². The van der Waals surface area contributed by atoms with Crippen LogP contribution in [0.25, 0.3) is 0 Å². The zero-order valence-corrected chi connectivity index (χ0v) is 18.5. The first-order valence-corrected chi connectivity index (χ1v) is 11.2. The van der Waals surface area contributed by atoms with Crippen molar-refractivity contribution in [3.63, 3.8) is 0 Å². The maximum atomic E-state index is 13.3. The van der Waals surface area contributed by atoms with Crippen LogP contribution in [-0.2, 0) is 14.8 Å². The maximum Gasteiger partial charge on any atom is 0.264 e. The topological polar surface area (TPSA) is 66.5 Å². The van der Waals surface area contributed by atoms with E-state index >= 15 is 0 Å². The van der Waals surface area contributed by atoms with Gasteiger partial charge in [0.05, 0.1) is 10.6 Å². The predicted molar refractivity (Wildman–Crippen MR) is 120 cm³/mol. The third-order valence-corrected chi connectivity index (χ3v) is 6.66. The minimum atomic E-state index is -3.91. The van der Waals surface area contributed by atoms with Crippen molar-refractivity contribution in [1.82, 2.24) is 0 Å². The number of anilines is 2. The van der Waals surface area contributed by atoms with Crippen LogP contribution in [0, 0.1) is 13.8 Å². The average molecular weight is 473 g/mol. The van der Waals surface area contributed by atoms with Crippen LogP contribution in [0.3, 0.4) is 0 Å². The number of sulfonamides is 1. The van der Waals surface area contributed by atoms with Gasteiger partial charge in [0, 0.05) is 10.2 Å². The van der Waals surface area contributed by atoms with Crippen LogP contribution >= 0.6 is 15.9 Å². The molecule has 0 aromatic heterocycles. The normalized spacial score (nSPS) is 11.1. The van der Waals surface area contributed by atoms with Gasteiger partial charge in [0.2, 0.25) is 5.91 Å². The van der Waals surface area contributed by atoms with Gasteiger partial charge in [-0.25, -0.2) is 8.42 Å². The van der Waals surface area contributed by atoms with Crippen LogP contribution in [0.4, 0.5) is 11.4 Å². The number of carbonyl (C=O) groups excluding carboxylic acids is 1. The Balaban J connectivity index is 1.92. The molecule has 0 spiro atoms. The summed E-state index contributed by atoms with van der Waals surface area (Å²) in [6.07, 6.45) is 0. The van der Waals surface area contributed by atoms with Gasteiger partial charge in [-0.15, -0.1) is 0 Å². The third-order valence-electron chi connectivity index (χ3n) is 4.35. The molecule has 3 aromatic carbocycles. The van der Waals surface area contributed by atoms with E-state index in [9.17, 15) is 13.2 Å². The van der Waals surface area contributed by atoms with Gasteiger partial charge < -0.3 is 5.32 Å². The Labute approximate surface area is 179 Å². The molecule has 150 valence electrons. The van der Waals surface area contributed by atoms with Crippen LogP contribution in [-0.4, -0.2) is 20.9 Å². The molecule has 1 N–H and O–H groups in total. The molecule has 0 aliphatic heterocycles. The quantitative estimate of drug-likeness (QED) is 0.554. The van der Waals surface area contributed by atoms with Crippen LogP contribution in [0.15, 0.2) is 82.2 Å². The van der Waals surface area contributed by atoms with Gasteiger partial charge in [-0.2, -0.15) is 0 Å². The highest BCUT2D eigenvalue weighted by atomic mass is 79.9. The number of carbonyl (C=O) groups is 1. The average Bonchev–Trinajstić information content (AvgIpc) is 2.69. The van der Waals surface area contributed by atoms with Gasteiger partial charge in [-0.1, -0.05) is 51.3 Å². The second-order valence-corrected chi connectivity index (χ2v) is 9.49. The van der Waals surface area contributed by atoms with Crippen LogP contribution < -0.4 is 9.62 Å². The van der Waals surface area contributed by atoms with Crippen LogP contribution in [0.2, 0.25) is 0 Å². The van der Waals surface area contributed by atoms with E-state index in [4.69, 9.17) is 0 Å². The number of hydrogen-bond donors (Lipinski definition) is 1. The second-order valence-electron chi connectivity index (χ2n) is 6.72. The molecular formula is C22H21BrN2O3S. The lowest BCUT2D eigenvalue weighted by Crippen LogP contribution is -2.38. The van der Waals surface area contributed by atoms with E-state index in [1.165, 1.54) is 0 Å². The molecule has 29 heavy (non-hydrogen) atoms. The summed E-state index contributed by atoms with van der Waals surface area (Å²) in [7, 11) is -3.91. The lowest BCUT2D eigenvalue weighted by atomic mass is 10.2. The summed E-state index contributed by atoms with van der Waals surface area (Å²) in [6, 6.07) is 20.7. The van der Waals surface area contributed by atoms with Crippen molar-refractivity contribution in [2.24, 2.45) is 0 Å². The number of nitrogens with one attached hydrogen (secondary N) is 1. The molecule has 0 atom stereocenters. The molecule has 0 heterocycles. The molecule has 0 saturated carbocycles. The Kier molecular flexibility index (Phi) is 6.39. The van der Waals surface area contributed by atoms with Crippen LogP contribution in [0.5, 0.6) is 0 Å². The summed E-state index contributed by atoms with van der Waals surface area (Å²) in [5.41, 5.74) is 2.98. The number of halogens is 1. The zero-order valence-electron chi connectivity index (χ0n) is 16.1. The zero-order chi connectivity index (χ0) is 21.0. The van der Waals surface area contributed by atoms with Gasteiger partial charge in [0.25, 0.3) is 10.0 Å². The molecule has 0 unspecified atom stereocenters. The molecule has 7 heteroatoms. The number of aryl methyl sites for hydroxylation is 2. The molecule has 1 amide bonds. The minimum Gasteiger partial charge on any atom is -0.325 e. The van der Waals surface area contributed by atoms with E-state index in [0.29, 0.717) is 11.4 Å². The van der Waals surface area contributed by atoms with Crippen molar-refractivity contribution in [2.75, 3.05) is 16.2 Å². The van der Waals surface area contributed by atoms with Gasteiger partial charge in [0.1, 0.15) is 6.54 Å². The van der Waals surface area contributed by atoms with Crippen LogP contribution in [0.1, 0.15) is 11.1 Å². The standard InChI is InChI=1S/C22H21BrN2O3S/c1-16-3-11-20(12-4-16)25(29(27,28)21-13-5-17(2)6-14-21)15-22(26)24-19-9-7-18(23)8-10-19/h3-14H,15H2,1-2H3,(H,24,26). The fraction of sp³-hybridized carbons (Fsp3) is 0.136. The number of hydrogen-bond acceptors (Lipinski definition) is 3. The molecule has 0 saturated heterocycles. The Morgan fingerprint density at radius 1 is 0.862 bits per heavy atom. The number of amides is 1. The summed E-state index contributed by atoms with van der Waals surface area (Å²) in [4.78, 5) is 12.8. The highest BCUT2D eigenvalue weighted by Gasteiger charge is 2.27. The van der Waals surface area contributed by atoms with Crippen molar-refractivity contribution in [2.45, 2.75) is 18.7 Å². The third kappa shape index (κ3) is 5.25. The van der Waals surface area contributed by atoms with Crippen molar-refractivity contribution >= 4 is 43.2 Å². The Morgan fingerprint density at radius 3 is 1.93 bits per heavy atom. The van der Waals surface area contributed by atoms with E-state index in [-0.39, 0.29) is 11.4 Å². The molecule has 0 fully saturated rings. The molecule has 0 bridgehead atoms. The molecule has 0 aliphatic carbocycles. The Hall–Kier alpha value is -2.64. The van der Waals surface area contributed by atoms with Gasteiger partial charge in [-0.3, -0.25) is 9.10 Å². The number of benzene rings is 3. The Bertz CT molecular complexity index is 1090. The van der Waals surface area contributed by atoms with E-state index < -0.39 is 15.9 Å². The van der Waals surface area contributed by atoms with Gasteiger partial charge in [-0.05, 0) is 62.4 Å². The lowest BCUT2D eigenvalue weighted by Gasteiger charge is -2.24. The van der Waals surface area contributed by atoms with Crippen molar-refractivity contribution in [3.05, 3.63) is 88.4 Å². The van der Waals surface area contributed by atoms with Gasteiger partial charge in [0.15, 0.2) is 0 Å². The van der Waals surface area contributed by atoms with E-state index in [2.05, 4.69) is 21.2 Å². The van der Waals surface area contributed by atoms with E-state index in [0.717, 1.165) is 19.9 Å². The molecular weight excluding hydrogens is 452 g/mol. The first kappa shape index (κ1) is 21.1. The summed E-state index contributed by atoms with van der Waals surface area (Å²) in [5.74, 6) is -0.427. The van der Waals surface area contributed by atoms with E-state index in [1.54, 1.807) is 60.7 Å². The molecule has 3 aromatic rings. The SMILES string of the molecule is Cc1ccc(N(CC(=O)Nc2ccc(Br)cc2)S(=O)(=O)c2ccc(C)cc2)cc1. The summed E-state index contributed by atoms with van der Waals surface area (Å²) in [5, 5.41) is 2.75. The number of rotatable bonds is 6. The minimum absolute atomic E-state index is 0.139. The van der Waals surface area contributed by atoms with Gasteiger partial charge >= 0.3 is 0 Å². The molecule has 0 radical (unpaired) electrons. The molecule has 3 rings (SSSR count). The monoisotopic (exact) mass is 472 g/mol. The highest BCUT2D eigenvalue weighted by Crippen LogP contribution is 2.24. The summed E-state index contributed by atoms with van der Waals surface area (Å²) < 4.78 is 28.6. The summed E-state index contributed by atoms with van der Waals surface area (Å²) in [6.45, 7) is 3.47. The second kappa shape index (κ2) is 8.80. The smallest absolute Gasteiger partial charge is 0.264 e. The first-order chi connectivity index (χ1) is 13.8. The molecule has 5 nitrogen and oxygen atoms in total. The maximum absolute atomic E-state index is 13.3. The fourth-order valence-electron chi connectivity index (χ4n) is 2.73.